The first kappa shape index (κ1) is 13.5. The number of H-pyrrole nitrogens is 1. The zero-order valence-corrected chi connectivity index (χ0v) is 12.9. The number of guanidine groups is 1. The Kier molecular flexibility index (Phi) is 3.96. The summed E-state index contributed by atoms with van der Waals surface area (Å²) in [7, 11) is 0. The van der Waals surface area contributed by atoms with Gasteiger partial charge in [0.25, 0.3) is 0 Å². The molecule has 1 aliphatic carbocycles. The topological polar surface area (TPSA) is 66.2 Å². The van der Waals surface area contributed by atoms with Gasteiger partial charge in [0.15, 0.2) is 5.96 Å². The molecule has 4 N–H and O–H groups in total. The standard InChI is InChI=1S/C15H19BrN4/c16-11-4-5-14-13(8-11)10(9-19-14)6-7-18-15(17)20-12-2-1-3-12/h4-5,8-9,12,19H,1-3,6-7H2,(H3,17,18,20). The van der Waals surface area contributed by atoms with Crippen LogP contribution >= 0.6 is 15.9 Å². The van der Waals surface area contributed by atoms with E-state index in [0.717, 1.165) is 16.4 Å². The van der Waals surface area contributed by atoms with Gasteiger partial charge in [-0.05, 0) is 49.4 Å². The summed E-state index contributed by atoms with van der Waals surface area (Å²) in [5, 5.41) is 4.51. The molecule has 4 nitrogen and oxygen atoms in total. The molecule has 3 rings (SSSR count). The quantitative estimate of drug-likeness (QED) is 0.594. The van der Waals surface area contributed by atoms with Crippen molar-refractivity contribution in [2.24, 2.45) is 10.7 Å². The van der Waals surface area contributed by atoms with Crippen molar-refractivity contribution in [1.29, 1.82) is 0 Å². The maximum Gasteiger partial charge on any atom is 0.188 e. The molecule has 5 heteroatoms. The van der Waals surface area contributed by atoms with Gasteiger partial charge in [-0.2, -0.15) is 0 Å². The van der Waals surface area contributed by atoms with Crippen LogP contribution in [0.25, 0.3) is 10.9 Å². The summed E-state index contributed by atoms with van der Waals surface area (Å²) in [5.74, 6) is 0.579. The first-order chi connectivity index (χ1) is 9.72. The number of benzene rings is 1. The average molecular weight is 335 g/mol. The van der Waals surface area contributed by atoms with Gasteiger partial charge < -0.3 is 16.0 Å². The Hall–Kier alpha value is -1.49. The molecule has 106 valence electrons. The molecule has 20 heavy (non-hydrogen) atoms. The van der Waals surface area contributed by atoms with Gasteiger partial charge in [0, 0.05) is 34.2 Å². The molecule has 1 aliphatic rings. The molecule has 0 unspecified atom stereocenters. The van der Waals surface area contributed by atoms with Crippen LogP contribution in [-0.2, 0) is 6.42 Å². The van der Waals surface area contributed by atoms with E-state index >= 15 is 0 Å². The number of rotatable bonds is 4. The second-order valence-electron chi connectivity index (χ2n) is 5.29. The minimum Gasteiger partial charge on any atom is -0.370 e. The largest absolute Gasteiger partial charge is 0.370 e. The van der Waals surface area contributed by atoms with Gasteiger partial charge in [-0.1, -0.05) is 15.9 Å². The van der Waals surface area contributed by atoms with Crippen molar-refractivity contribution in [2.45, 2.75) is 31.7 Å². The number of aromatic amines is 1. The number of nitrogens with one attached hydrogen (secondary N) is 2. The maximum atomic E-state index is 5.88. The lowest BCUT2D eigenvalue weighted by molar-refractivity contribution is 0.382. The van der Waals surface area contributed by atoms with Crippen LogP contribution in [0.1, 0.15) is 24.8 Å². The Balaban J connectivity index is 1.61. The van der Waals surface area contributed by atoms with Crippen molar-refractivity contribution in [1.82, 2.24) is 10.3 Å². The second-order valence-corrected chi connectivity index (χ2v) is 6.21. The number of aromatic nitrogens is 1. The van der Waals surface area contributed by atoms with Crippen molar-refractivity contribution < 1.29 is 0 Å². The van der Waals surface area contributed by atoms with Gasteiger partial charge in [0.05, 0.1) is 0 Å². The number of hydrogen-bond acceptors (Lipinski definition) is 1. The molecule has 0 saturated heterocycles. The zero-order valence-electron chi connectivity index (χ0n) is 11.3. The molecule has 1 aromatic carbocycles. The number of aliphatic imine (C=N–C) groups is 1. The molecule has 0 bridgehead atoms. The SMILES string of the molecule is NC(=NCCc1c[nH]c2ccc(Br)cc12)NC1CCC1. The highest BCUT2D eigenvalue weighted by Crippen LogP contribution is 2.23. The van der Waals surface area contributed by atoms with E-state index in [-0.39, 0.29) is 0 Å². The molecule has 1 heterocycles. The normalized spacial score (nSPS) is 16.4. The van der Waals surface area contributed by atoms with E-state index < -0.39 is 0 Å². The van der Waals surface area contributed by atoms with Crippen LogP contribution in [0.2, 0.25) is 0 Å². The van der Waals surface area contributed by atoms with E-state index in [0.29, 0.717) is 18.5 Å². The van der Waals surface area contributed by atoms with Crippen LogP contribution in [-0.4, -0.2) is 23.5 Å². The monoisotopic (exact) mass is 334 g/mol. The molecule has 0 atom stereocenters. The first-order valence-electron chi connectivity index (χ1n) is 7.04. The lowest BCUT2D eigenvalue weighted by Gasteiger charge is -2.26. The van der Waals surface area contributed by atoms with Crippen molar-refractivity contribution in [3.05, 3.63) is 34.4 Å². The number of nitrogens with two attached hydrogens (primary N) is 1. The molecule has 2 aromatic rings. The molecular weight excluding hydrogens is 316 g/mol. The highest BCUT2D eigenvalue weighted by atomic mass is 79.9. The number of hydrogen-bond donors (Lipinski definition) is 3. The third kappa shape index (κ3) is 2.98. The predicted octanol–water partition coefficient (Wildman–Crippen LogP) is 2.93. The summed E-state index contributed by atoms with van der Waals surface area (Å²) >= 11 is 3.51. The highest BCUT2D eigenvalue weighted by Gasteiger charge is 2.17. The lowest BCUT2D eigenvalue weighted by atomic mass is 9.93. The third-order valence-electron chi connectivity index (χ3n) is 3.85. The van der Waals surface area contributed by atoms with Crippen LogP contribution in [0, 0.1) is 0 Å². The Bertz CT molecular complexity index is 628. The van der Waals surface area contributed by atoms with E-state index in [2.05, 4.69) is 49.6 Å². The Morgan fingerprint density at radius 1 is 1.45 bits per heavy atom. The summed E-state index contributed by atoms with van der Waals surface area (Å²) in [4.78, 5) is 7.70. The fraction of sp³-hybridized carbons (Fsp3) is 0.400. The molecule has 0 radical (unpaired) electrons. The van der Waals surface area contributed by atoms with Crippen LogP contribution in [0.4, 0.5) is 0 Å². The van der Waals surface area contributed by atoms with Crippen LogP contribution in [0.5, 0.6) is 0 Å². The molecule has 1 aromatic heterocycles. The smallest absolute Gasteiger partial charge is 0.188 e. The summed E-state index contributed by atoms with van der Waals surface area (Å²) in [5.41, 5.74) is 8.32. The summed E-state index contributed by atoms with van der Waals surface area (Å²) < 4.78 is 1.10. The fourth-order valence-corrected chi connectivity index (χ4v) is 2.82. The van der Waals surface area contributed by atoms with E-state index in [4.69, 9.17) is 5.73 Å². The molecular formula is C15H19BrN4. The van der Waals surface area contributed by atoms with E-state index in [9.17, 15) is 0 Å². The first-order valence-corrected chi connectivity index (χ1v) is 7.83. The van der Waals surface area contributed by atoms with Gasteiger partial charge >= 0.3 is 0 Å². The van der Waals surface area contributed by atoms with Crippen LogP contribution in [0.15, 0.2) is 33.9 Å². The summed E-state index contributed by atoms with van der Waals surface area (Å²) in [6.45, 7) is 0.713. The van der Waals surface area contributed by atoms with Crippen molar-refractivity contribution in [3.8, 4) is 0 Å². The van der Waals surface area contributed by atoms with Crippen molar-refractivity contribution >= 4 is 32.8 Å². The minimum atomic E-state index is 0.544. The molecule has 0 amide bonds. The Labute approximate surface area is 127 Å². The number of fused-ring (bicyclic) bond motifs is 1. The van der Waals surface area contributed by atoms with Crippen molar-refractivity contribution in [2.75, 3.05) is 6.54 Å². The van der Waals surface area contributed by atoms with Gasteiger partial charge in [-0.3, -0.25) is 4.99 Å². The predicted molar refractivity (Wildman–Crippen MR) is 87.0 cm³/mol. The Morgan fingerprint density at radius 2 is 2.30 bits per heavy atom. The summed E-state index contributed by atoms with van der Waals surface area (Å²) in [6, 6.07) is 6.81. The maximum absolute atomic E-state index is 5.88. The van der Waals surface area contributed by atoms with Gasteiger partial charge in [0.2, 0.25) is 0 Å². The minimum absolute atomic E-state index is 0.544. The Morgan fingerprint density at radius 3 is 3.05 bits per heavy atom. The number of halogens is 1. The average Bonchev–Trinajstić information content (AvgIpc) is 2.77. The molecule has 0 aliphatic heterocycles. The number of nitrogens with zero attached hydrogens (tertiary/aromatic N) is 1. The molecule has 1 fully saturated rings. The molecule has 1 saturated carbocycles. The van der Waals surface area contributed by atoms with Crippen LogP contribution in [0.3, 0.4) is 0 Å². The van der Waals surface area contributed by atoms with Gasteiger partial charge in [-0.15, -0.1) is 0 Å². The van der Waals surface area contributed by atoms with Gasteiger partial charge in [-0.25, -0.2) is 0 Å². The van der Waals surface area contributed by atoms with E-state index in [1.807, 2.05) is 6.07 Å². The van der Waals surface area contributed by atoms with Crippen molar-refractivity contribution in [3.63, 3.8) is 0 Å². The third-order valence-corrected chi connectivity index (χ3v) is 4.34. The lowest BCUT2D eigenvalue weighted by Crippen LogP contribution is -2.43. The zero-order chi connectivity index (χ0) is 13.9. The van der Waals surface area contributed by atoms with E-state index in [1.165, 1.54) is 30.2 Å². The second kappa shape index (κ2) is 5.87. The van der Waals surface area contributed by atoms with E-state index in [1.54, 1.807) is 0 Å². The highest BCUT2D eigenvalue weighted by molar-refractivity contribution is 9.10. The fourth-order valence-electron chi connectivity index (χ4n) is 2.46. The summed E-state index contributed by atoms with van der Waals surface area (Å²) in [6.07, 6.45) is 6.68. The van der Waals surface area contributed by atoms with Gasteiger partial charge in [0.1, 0.15) is 0 Å². The van der Waals surface area contributed by atoms with Crippen LogP contribution < -0.4 is 11.1 Å². The molecule has 0 spiro atoms.